The molecule has 1 aromatic rings. The van der Waals surface area contributed by atoms with Crippen molar-refractivity contribution in [2.75, 3.05) is 6.54 Å². The number of nitrogens with one attached hydrogen (secondary N) is 1. The van der Waals surface area contributed by atoms with Gasteiger partial charge in [-0.2, -0.15) is 13.2 Å². The van der Waals surface area contributed by atoms with E-state index >= 15 is 0 Å². The molecule has 2 bridgehead atoms. The molecule has 0 radical (unpaired) electrons. The average molecular weight is 322 g/mol. The highest BCUT2D eigenvalue weighted by Crippen LogP contribution is 2.46. The van der Waals surface area contributed by atoms with Crippen molar-refractivity contribution in [3.63, 3.8) is 0 Å². The molecule has 120 valence electrons. The van der Waals surface area contributed by atoms with Gasteiger partial charge in [-0.15, -0.1) is 0 Å². The third kappa shape index (κ3) is 2.34. The molecule has 2 amide bonds. The number of hydrogen-bond donors (Lipinski definition) is 1. The van der Waals surface area contributed by atoms with Crippen LogP contribution < -0.4 is 10.1 Å². The van der Waals surface area contributed by atoms with Gasteiger partial charge in [0, 0.05) is 18.1 Å². The summed E-state index contributed by atoms with van der Waals surface area (Å²) in [6.45, 7) is -0.254. The second kappa shape index (κ2) is 4.47. The van der Waals surface area contributed by atoms with Crippen molar-refractivity contribution in [3.8, 4) is 5.75 Å². The van der Waals surface area contributed by atoms with E-state index in [1.807, 2.05) is 0 Å². The lowest BCUT2D eigenvalue weighted by atomic mass is 9.90. The van der Waals surface area contributed by atoms with E-state index in [4.69, 9.17) is 4.74 Å². The first-order valence-corrected chi connectivity index (χ1v) is 6.42. The second-order valence-electron chi connectivity index (χ2n) is 5.49. The van der Waals surface area contributed by atoms with Gasteiger partial charge in [0.25, 0.3) is 0 Å². The number of benzene rings is 1. The first-order chi connectivity index (χ1) is 10.1. The van der Waals surface area contributed by atoms with E-state index in [1.165, 1.54) is 6.92 Å². The molecular weight excluding hydrogens is 311 g/mol. The number of urea groups is 1. The van der Waals surface area contributed by atoms with E-state index in [2.05, 4.69) is 5.32 Å². The summed E-state index contributed by atoms with van der Waals surface area (Å²) in [7, 11) is 0. The maximum atomic E-state index is 13.9. The van der Waals surface area contributed by atoms with E-state index in [9.17, 15) is 26.7 Å². The maximum Gasteiger partial charge on any atom is 0.406 e. The molecule has 9 heteroatoms. The zero-order valence-corrected chi connectivity index (χ0v) is 11.3. The molecule has 2 atom stereocenters. The first-order valence-electron chi connectivity index (χ1n) is 6.42. The predicted molar refractivity (Wildman–Crippen MR) is 64.0 cm³/mol. The largest absolute Gasteiger partial charge is 0.465 e. The lowest BCUT2D eigenvalue weighted by molar-refractivity contribution is -0.180. The molecule has 1 fully saturated rings. The van der Waals surface area contributed by atoms with Crippen molar-refractivity contribution < 1.29 is 31.5 Å². The Kier molecular flexibility index (Phi) is 3.02. The van der Waals surface area contributed by atoms with Gasteiger partial charge in [-0.1, -0.05) is 0 Å². The Balaban J connectivity index is 2.04. The number of alkyl halides is 3. The van der Waals surface area contributed by atoms with Crippen LogP contribution in [0.4, 0.5) is 26.7 Å². The smallest absolute Gasteiger partial charge is 0.406 e. The summed E-state index contributed by atoms with van der Waals surface area (Å²) in [5.74, 6) is -2.21. The Bertz CT molecular complexity index is 648. The molecule has 2 aliphatic rings. The summed E-state index contributed by atoms with van der Waals surface area (Å²) in [6, 6.07) is -0.219. The number of amides is 2. The molecule has 2 unspecified atom stereocenters. The van der Waals surface area contributed by atoms with Crippen LogP contribution in [0.2, 0.25) is 0 Å². The Hall–Kier alpha value is -2.06. The minimum Gasteiger partial charge on any atom is -0.465 e. The first kappa shape index (κ1) is 14.9. The summed E-state index contributed by atoms with van der Waals surface area (Å²) in [5, 5.41) is 2.33. The molecule has 2 heterocycles. The van der Waals surface area contributed by atoms with Gasteiger partial charge < -0.3 is 10.1 Å². The SMILES string of the molecule is CC12CC(NC(=O)N1CC(F)(F)F)c1cc(F)cc(F)c1O2. The molecule has 1 aromatic carbocycles. The van der Waals surface area contributed by atoms with Crippen LogP contribution in [0, 0.1) is 11.6 Å². The van der Waals surface area contributed by atoms with Crippen LogP contribution >= 0.6 is 0 Å². The van der Waals surface area contributed by atoms with E-state index in [1.54, 1.807) is 0 Å². The van der Waals surface area contributed by atoms with Crippen LogP contribution in [0.25, 0.3) is 0 Å². The van der Waals surface area contributed by atoms with Gasteiger partial charge >= 0.3 is 12.2 Å². The highest BCUT2D eigenvalue weighted by atomic mass is 19.4. The summed E-state index contributed by atoms with van der Waals surface area (Å²) >= 11 is 0. The number of nitrogens with zero attached hydrogens (tertiary/aromatic N) is 1. The third-order valence-electron chi connectivity index (χ3n) is 3.77. The Morgan fingerprint density at radius 1 is 1.41 bits per heavy atom. The Labute approximate surface area is 121 Å². The fourth-order valence-electron chi connectivity index (χ4n) is 2.85. The predicted octanol–water partition coefficient (Wildman–Crippen LogP) is 3.09. The summed E-state index contributed by atoms with van der Waals surface area (Å²) in [5.41, 5.74) is -1.58. The third-order valence-corrected chi connectivity index (χ3v) is 3.77. The van der Waals surface area contributed by atoms with E-state index in [0.29, 0.717) is 11.0 Å². The molecule has 0 aromatic heterocycles. The van der Waals surface area contributed by atoms with Gasteiger partial charge in [0.15, 0.2) is 17.3 Å². The molecule has 0 aliphatic carbocycles. The maximum absolute atomic E-state index is 13.9. The van der Waals surface area contributed by atoms with Gasteiger partial charge in [-0.25, -0.2) is 13.6 Å². The minimum atomic E-state index is -4.63. The van der Waals surface area contributed by atoms with E-state index in [-0.39, 0.29) is 17.7 Å². The standard InChI is InChI=1S/C13H11F5N2O2/c1-12-4-9(19-11(21)20(12)5-13(16,17)18)7-2-6(14)3-8(15)10(7)22-12/h2-3,9H,4-5H2,1H3,(H,19,21). The van der Waals surface area contributed by atoms with Gasteiger partial charge in [-0.3, -0.25) is 4.90 Å². The number of carbonyl (C=O) groups is 1. The van der Waals surface area contributed by atoms with Crippen molar-refractivity contribution in [1.29, 1.82) is 0 Å². The number of rotatable bonds is 1. The summed E-state index contributed by atoms with van der Waals surface area (Å²) < 4.78 is 70.4. The summed E-state index contributed by atoms with van der Waals surface area (Å²) in [6.07, 6.45) is -4.68. The molecule has 0 saturated carbocycles. The number of halogens is 5. The molecule has 2 aliphatic heterocycles. The highest BCUT2D eigenvalue weighted by molar-refractivity contribution is 5.77. The molecule has 22 heavy (non-hydrogen) atoms. The minimum absolute atomic E-state index is 0.0509. The number of carbonyl (C=O) groups excluding carboxylic acids is 1. The normalized spacial score (nSPS) is 27.1. The number of fused-ring (bicyclic) bond motifs is 4. The van der Waals surface area contributed by atoms with Crippen LogP contribution in [-0.4, -0.2) is 29.4 Å². The molecular formula is C13H11F5N2O2. The fraction of sp³-hybridized carbons (Fsp3) is 0.462. The zero-order chi connectivity index (χ0) is 16.3. The van der Waals surface area contributed by atoms with Crippen LogP contribution in [-0.2, 0) is 0 Å². The van der Waals surface area contributed by atoms with Crippen molar-refractivity contribution >= 4 is 6.03 Å². The molecule has 3 rings (SSSR count). The van der Waals surface area contributed by atoms with Crippen molar-refractivity contribution in [1.82, 2.24) is 10.2 Å². The van der Waals surface area contributed by atoms with Gasteiger partial charge in [0.2, 0.25) is 0 Å². The van der Waals surface area contributed by atoms with Crippen molar-refractivity contribution in [2.45, 2.75) is 31.3 Å². The van der Waals surface area contributed by atoms with Crippen LogP contribution in [0.15, 0.2) is 12.1 Å². The van der Waals surface area contributed by atoms with Crippen LogP contribution in [0.1, 0.15) is 24.9 Å². The Morgan fingerprint density at radius 3 is 2.73 bits per heavy atom. The number of ether oxygens (including phenoxy) is 1. The molecule has 4 nitrogen and oxygen atoms in total. The lowest BCUT2D eigenvalue weighted by Crippen LogP contribution is -2.66. The Morgan fingerprint density at radius 2 is 2.09 bits per heavy atom. The monoisotopic (exact) mass is 322 g/mol. The van der Waals surface area contributed by atoms with Crippen LogP contribution in [0.5, 0.6) is 5.75 Å². The lowest BCUT2D eigenvalue weighted by Gasteiger charge is -2.50. The second-order valence-corrected chi connectivity index (χ2v) is 5.49. The topological polar surface area (TPSA) is 41.6 Å². The summed E-state index contributed by atoms with van der Waals surface area (Å²) in [4.78, 5) is 12.4. The van der Waals surface area contributed by atoms with Gasteiger partial charge in [0.05, 0.1) is 6.04 Å². The molecule has 1 saturated heterocycles. The van der Waals surface area contributed by atoms with Gasteiger partial charge in [0.1, 0.15) is 12.4 Å². The molecule has 1 N–H and O–H groups in total. The zero-order valence-electron chi connectivity index (χ0n) is 11.3. The van der Waals surface area contributed by atoms with Crippen molar-refractivity contribution in [3.05, 3.63) is 29.3 Å². The molecule has 0 spiro atoms. The van der Waals surface area contributed by atoms with Crippen molar-refractivity contribution in [2.24, 2.45) is 0 Å². The quantitative estimate of drug-likeness (QED) is 0.807. The van der Waals surface area contributed by atoms with E-state index < -0.39 is 42.2 Å². The van der Waals surface area contributed by atoms with Crippen LogP contribution in [0.3, 0.4) is 0 Å². The highest BCUT2D eigenvalue weighted by Gasteiger charge is 2.52. The average Bonchev–Trinajstić information content (AvgIpc) is 2.35. The fourth-order valence-corrected chi connectivity index (χ4v) is 2.85. The van der Waals surface area contributed by atoms with Gasteiger partial charge in [-0.05, 0) is 13.0 Å². The van der Waals surface area contributed by atoms with E-state index in [0.717, 1.165) is 6.07 Å². The number of hydrogen-bond acceptors (Lipinski definition) is 2.